The number of hydrazone groups is 1. The van der Waals surface area contributed by atoms with Crippen molar-refractivity contribution in [1.29, 1.82) is 0 Å². The summed E-state index contributed by atoms with van der Waals surface area (Å²) in [5, 5.41) is 8.60. The van der Waals surface area contributed by atoms with Crippen LogP contribution in [0.1, 0.15) is 5.56 Å². The first-order chi connectivity index (χ1) is 9.83. The maximum Gasteiger partial charge on any atom is 0.227 e. The normalized spacial score (nSPS) is 11.2. The molecule has 1 amide bonds. The number of halogens is 1. The van der Waals surface area contributed by atoms with E-state index in [-0.39, 0.29) is 0 Å². The largest absolute Gasteiger partial charge is 0.277 e. The predicted octanol–water partition coefficient (Wildman–Crippen LogP) is 3.73. The molecule has 20 heavy (non-hydrogen) atoms. The lowest BCUT2D eigenvalue weighted by molar-refractivity contribution is -0.109. The lowest BCUT2D eigenvalue weighted by Crippen LogP contribution is -2.01. The molecule has 3 aromatic rings. The van der Waals surface area contributed by atoms with Crippen LogP contribution in [0, 0.1) is 0 Å². The molecule has 0 unspecified atom stereocenters. The molecule has 0 spiro atoms. The van der Waals surface area contributed by atoms with E-state index >= 15 is 0 Å². The van der Waals surface area contributed by atoms with Gasteiger partial charge in [0.1, 0.15) is 0 Å². The minimum absolute atomic E-state index is 0.538. The average Bonchev–Trinajstić information content (AvgIpc) is 2.51. The number of nitrogens with zero attached hydrogens (tertiary/aromatic N) is 1. The van der Waals surface area contributed by atoms with Gasteiger partial charge in [0.15, 0.2) is 0 Å². The molecule has 0 fully saturated rings. The van der Waals surface area contributed by atoms with Crippen LogP contribution < -0.4 is 5.43 Å². The van der Waals surface area contributed by atoms with E-state index in [4.69, 9.17) is 11.6 Å². The van der Waals surface area contributed by atoms with Gasteiger partial charge in [-0.3, -0.25) is 4.79 Å². The number of carbonyl (C=O) groups is 1. The number of hydrogen-bond acceptors (Lipinski definition) is 2. The topological polar surface area (TPSA) is 41.5 Å². The van der Waals surface area contributed by atoms with Gasteiger partial charge in [0.2, 0.25) is 6.41 Å². The van der Waals surface area contributed by atoms with Crippen molar-refractivity contribution in [2.45, 2.75) is 0 Å². The summed E-state index contributed by atoms with van der Waals surface area (Å²) in [4.78, 5) is 10.3. The SMILES string of the molecule is O=CN/N=C\c1c2ccccc2c(Cl)c2ccccc12. The van der Waals surface area contributed by atoms with Crippen molar-refractivity contribution in [1.82, 2.24) is 5.43 Å². The zero-order valence-electron chi connectivity index (χ0n) is 10.5. The number of carbonyl (C=O) groups excluding carboxylic acids is 1. The third-order valence-electron chi connectivity index (χ3n) is 3.23. The summed E-state index contributed by atoms with van der Waals surface area (Å²) in [6, 6.07) is 15.8. The Balaban J connectivity index is 2.43. The second kappa shape index (κ2) is 5.31. The van der Waals surface area contributed by atoms with Crippen LogP contribution in [0.2, 0.25) is 5.02 Å². The molecule has 0 radical (unpaired) electrons. The summed E-state index contributed by atoms with van der Waals surface area (Å²) < 4.78 is 0. The highest BCUT2D eigenvalue weighted by atomic mass is 35.5. The van der Waals surface area contributed by atoms with Crippen LogP contribution in [0.5, 0.6) is 0 Å². The van der Waals surface area contributed by atoms with E-state index in [2.05, 4.69) is 10.5 Å². The van der Waals surface area contributed by atoms with Gasteiger partial charge in [0.05, 0.1) is 11.2 Å². The zero-order chi connectivity index (χ0) is 13.9. The Morgan fingerprint density at radius 1 is 0.900 bits per heavy atom. The maximum absolute atomic E-state index is 10.3. The number of rotatable bonds is 3. The summed E-state index contributed by atoms with van der Waals surface area (Å²) in [7, 11) is 0. The lowest BCUT2D eigenvalue weighted by Gasteiger charge is -2.10. The molecule has 98 valence electrons. The minimum atomic E-state index is 0.538. The third kappa shape index (κ3) is 2.02. The first kappa shape index (κ1) is 12.6. The number of nitrogens with one attached hydrogen (secondary N) is 1. The Hall–Kier alpha value is -2.39. The van der Waals surface area contributed by atoms with Crippen LogP contribution in [0.25, 0.3) is 21.5 Å². The fourth-order valence-electron chi connectivity index (χ4n) is 2.38. The van der Waals surface area contributed by atoms with Crippen molar-refractivity contribution in [2.24, 2.45) is 5.10 Å². The zero-order valence-corrected chi connectivity index (χ0v) is 11.3. The molecule has 3 nitrogen and oxygen atoms in total. The fourth-order valence-corrected chi connectivity index (χ4v) is 2.71. The van der Waals surface area contributed by atoms with E-state index in [0.717, 1.165) is 32.1 Å². The third-order valence-corrected chi connectivity index (χ3v) is 3.64. The van der Waals surface area contributed by atoms with E-state index in [0.29, 0.717) is 6.41 Å². The van der Waals surface area contributed by atoms with Crippen LogP contribution in [0.3, 0.4) is 0 Å². The quantitative estimate of drug-likeness (QED) is 0.338. The van der Waals surface area contributed by atoms with Crippen molar-refractivity contribution in [3.8, 4) is 0 Å². The highest BCUT2D eigenvalue weighted by molar-refractivity contribution is 6.42. The number of hydrogen-bond donors (Lipinski definition) is 1. The number of benzene rings is 3. The van der Waals surface area contributed by atoms with Crippen molar-refractivity contribution in [2.75, 3.05) is 0 Å². The van der Waals surface area contributed by atoms with Crippen molar-refractivity contribution in [3.05, 3.63) is 59.1 Å². The molecule has 0 heterocycles. The van der Waals surface area contributed by atoms with Crippen LogP contribution in [-0.4, -0.2) is 12.6 Å². The van der Waals surface area contributed by atoms with E-state index in [1.54, 1.807) is 6.21 Å². The van der Waals surface area contributed by atoms with Crippen LogP contribution in [0.4, 0.5) is 0 Å². The summed E-state index contributed by atoms with van der Waals surface area (Å²) in [6.07, 6.45) is 2.19. The van der Waals surface area contributed by atoms with Crippen LogP contribution >= 0.6 is 11.6 Å². The second-order valence-corrected chi connectivity index (χ2v) is 4.70. The molecular weight excluding hydrogens is 272 g/mol. The monoisotopic (exact) mass is 282 g/mol. The molecule has 0 aliphatic heterocycles. The molecule has 1 N–H and O–H groups in total. The highest BCUT2D eigenvalue weighted by Gasteiger charge is 2.10. The van der Waals surface area contributed by atoms with Crippen molar-refractivity contribution in [3.63, 3.8) is 0 Å². The van der Waals surface area contributed by atoms with Gasteiger partial charge < -0.3 is 0 Å². The molecule has 0 saturated heterocycles. The Bertz CT molecular complexity index is 770. The molecule has 0 atom stereocenters. The molecule has 4 heteroatoms. The molecule has 0 aliphatic carbocycles. The van der Waals surface area contributed by atoms with Crippen molar-refractivity contribution >= 4 is 45.8 Å². The van der Waals surface area contributed by atoms with E-state index in [1.165, 1.54) is 0 Å². The summed E-state index contributed by atoms with van der Waals surface area (Å²) in [6.45, 7) is 0. The standard InChI is InChI=1S/C16H11ClN2O/c17-16-13-7-3-1-5-11(13)15(9-18-19-10-20)12-6-2-4-8-14(12)16/h1-10H,(H,19,20)/b18-9-. The molecule has 0 saturated carbocycles. The summed E-state index contributed by atoms with van der Waals surface area (Å²) in [5.74, 6) is 0. The van der Waals surface area contributed by atoms with Gasteiger partial charge >= 0.3 is 0 Å². The highest BCUT2D eigenvalue weighted by Crippen LogP contribution is 2.35. The van der Waals surface area contributed by atoms with E-state index in [1.807, 2.05) is 48.5 Å². The minimum Gasteiger partial charge on any atom is -0.277 e. The summed E-state index contributed by atoms with van der Waals surface area (Å²) >= 11 is 6.49. The Kier molecular flexibility index (Phi) is 3.35. The van der Waals surface area contributed by atoms with E-state index < -0.39 is 0 Å². The van der Waals surface area contributed by atoms with Crippen molar-refractivity contribution < 1.29 is 4.79 Å². The van der Waals surface area contributed by atoms with Crippen LogP contribution in [0.15, 0.2) is 53.6 Å². The van der Waals surface area contributed by atoms with Gasteiger partial charge in [-0.15, -0.1) is 0 Å². The molecule has 0 bridgehead atoms. The Morgan fingerprint density at radius 3 is 1.90 bits per heavy atom. The molecule has 0 aromatic heterocycles. The van der Waals surface area contributed by atoms with Gasteiger partial charge in [0.25, 0.3) is 0 Å². The average molecular weight is 283 g/mol. The number of fused-ring (bicyclic) bond motifs is 2. The first-order valence-electron chi connectivity index (χ1n) is 6.14. The fraction of sp³-hybridized carbons (Fsp3) is 0. The Labute approximate surface area is 120 Å². The van der Waals surface area contributed by atoms with E-state index in [9.17, 15) is 4.79 Å². The molecule has 3 aromatic carbocycles. The van der Waals surface area contributed by atoms with Gasteiger partial charge in [-0.2, -0.15) is 5.10 Å². The Morgan fingerprint density at radius 2 is 1.40 bits per heavy atom. The molecular formula is C16H11ClN2O. The van der Waals surface area contributed by atoms with Crippen LogP contribution in [-0.2, 0) is 4.79 Å². The smallest absolute Gasteiger partial charge is 0.227 e. The lowest BCUT2D eigenvalue weighted by atomic mass is 9.97. The van der Waals surface area contributed by atoms with Gasteiger partial charge in [-0.25, -0.2) is 5.43 Å². The molecule has 3 rings (SSSR count). The van der Waals surface area contributed by atoms with Gasteiger partial charge in [-0.05, 0) is 10.8 Å². The molecule has 0 aliphatic rings. The predicted molar refractivity (Wildman–Crippen MR) is 83.3 cm³/mol. The number of amides is 1. The van der Waals surface area contributed by atoms with Gasteiger partial charge in [-0.1, -0.05) is 60.1 Å². The summed E-state index contributed by atoms with van der Waals surface area (Å²) in [5.41, 5.74) is 3.24. The van der Waals surface area contributed by atoms with Gasteiger partial charge in [0, 0.05) is 16.3 Å². The second-order valence-electron chi connectivity index (χ2n) is 4.32. The maximum atomic E-state index is 10.3. The first-order valence-corrected chi connectivity index (χ1v) is 6.52.